The molecule has 10 heteroatoms. The third-order valence-corrected chi connectivity index (χ3v) is 6.51. The summed E-state index contributed by atoms with van der Waals surface area (Å²) in [6, 6.07) is 10.7. The zero-order chi connectivity index (χ0) is 25.2. The predicted molar refractivity (Wildman–Crippen MR) is 143 cm³/mol. The number of pyridine rings is 1. The van der Waals surface area contributed by atoms with E-state index in [0.717, 1.165) is 43.4 Å². The van der Waals surface area contributed by atoms with Crippen LogP contribution in [0.2, 0.25) is 0 Å². The first-order chi connectivity index (χ1) is 17.4. The van der Waals surface area contributed by atoms with Gasteiger partial charge in [0.05, 0.1) is 29.4 Å². The Morgan fingerprint density at radius 2 is 1.95 bits per heavy atom. The van der Waals surface area contributed by atoms with Crippen molar-refractivity contribution in [2.24, 2.45) is 0 Å². The Morgan fingerprint density at radius 3 is 2.59 bits per heavy atom. The zero-order valence-electron chi connectivity index (χ0n) is 20.6. The van der Waals surface area contributed by atoms with E-state index in [1.165, 1.54) is 12.1 Å². The summed E-state index contributed by atoms with van der Waals surface area (Å²) in [4.78, 5) is 27.1. The number of methoxy groups -OCH3 is 1. The summed E-state index contributed by atoms with van der Waals surface area (Å²) in [6.07, 6.45) is 3.00. The third-order valence-electron chi connectivity index (χ3n) is 6.51. The lowest BCUT2D eigenvalue weighted by Crippen LogP contribution is -2.26. The molecule has 7 nitrogen and oxygen atoms in total. The molecule has 0 spiro atoms. The van der Waals surface area contributed by atoms with Crippen molar-refractivity contribution in [1.29, 1.82) is 0 Å². The van der Waals surface area contributed by atoms with E-state index in [2.05, 4.69) is 32.1 Å². The van der Waals surface area contributed by atoms with E-state index in [0.29, 0.717) is 46.2 Å². The summed E-state index contributed by atoms with van der Waals surface area (Å²) in [5.41, 5.74) is 2.74. The number of nitrogens with zero attached hydrogens (tertiary/aromatic N) is 3. The minimum atomic E-state index is -0.657. The number of hydrogen-bond acceptors (Lipinski definition) is 6. The highest BCUT2D eigenvalue weighted by Gasteiger charge is 2.22. The molecule has 2 N–H and O–H groups in total. The lowest BCUT2D eigenvalue weighted by Gasteiger charge is -2.18. The number of aromatic nitrogens is 3. The molecule has 1 aliphatic heterocycles. The van der Waals surface area contributed by atoms with Gasteiger partial charge >= 0.3 is 0 Å². The van der Waals surface area contributed by atoms with Crippen molar-refractivity contribution in [3.63, 3.8) is 0 Å². The van der Waals surface area contributed by atoms with Crippen molar-refractivity contribution >= 4 is 29.0 Å². The van der Waals surface area contributed by atoms with Gasteiger partial charge in [-0.1, -0.05) is 13.0 Å². The van der Waals surface area contributed by atoms with Gasteiger partial charge in [0.25, 0.3) is 5.56 Å². The number of fused-ring (bicyclic) bond motifs is 1. The average molecular weight is 528 g/mol. The summed E-state index contributed by atoms with van der Waals surface area (Å²) < 4.78 is 32.6. The van der Waals surface area contributed by atoms with Crippen molar-refractivity contribution < 1.29 is 13.5 Å². The van der Waals surface area contributed by atoms with Crippen LogP contribution >= 0.6 is 12.4 Å². The topological polar surface area (TPSA) is 83.1 Å². The predicted octanol–water partition coefficient (Wildman–Crippen LogP) is 4.79. The minimum Gasteiger partial charge on any atom is -0.495 e. The number of aromatic amines is 1. The van der Waals surface area contributed by atoms with Gasteiger partial charge in [0.2, 0.25) is 0 Å². The monoisotopic (exact) mass is 527 g/mol. The van der Waals surface area contributed by atoms with E-state index in [4.69, 9.17) is 4.74 Å². The van der Waals surface area contributed by atoms with Crippen LogP contribution in [0.4, 0.5) is 14.5 Å². The molecule has 5 rings (SSSR count). The maximum atomic E-state index is 13.5. The first-order valence-corrected chi connectivity index (χ1v) is 11.9. The van der Waals surface area contributed by atoms with Crippen molar-refractivity contribution in [2.45, 2.75) is 25.8 Å². The molecule has 3 heterocycles. The fourth-order valence-corrected chi connectivity index (χ4v) is 4.63. The largest absolute Gasteiger partial charge is 0.495 e. The molecular formula is C27H28ClF2N5O2. The van der Waals surface area contributed by atoms with Crippen LogP contribution in [-0.4, -0.2) is 52.6 Å². The summed E-state index contributed by atoms with van der Waals surface area (Å²) in [5, 5.41) is 4.00. The highest BCUT2D eigenvalue weighted by molar-refractivity contribution is 5.85. The Bertz CT molecular complexity index is 1440. The average Bonchev–Trinajstić information content (AvgIpc) is 3.31. The summed E-state index contributed by atoms with van der Waals surface area (Å²) in [6.45, 7) is 5.17. The molecule has 0 saturated carbocycles. The van der Waals surface area contributed by atoms with Gasteiger partial charge in [-0.15, -0.1) is 12.4 Å². The molecule has 0 amide bonds. The van der Waals surface area contributed by atoms with E-state index in [-0.39, 0.29) is 18.0 Å². The minimum absolute atomic E-state index is 0. The summed E-state index contributed by atoms with van der Waals surface area (Å²) in [7, 11) is 1.59. The molecule has 1 fully saturated rings. The molecule has 194 valence electrons. The van der Waals surface area contributed by atoms with E-state index in [1.807, 2.05) is 6.07 Å². The highest BCUT2D eigenvalue weighted by atomic mass is 35.5. The molecule has 1 saturated heterocycles. The second kappa shape index (κ2) is 11.2. The number of rotatable bonds is 7. The zero-order valence-corrected chi connectivity index (χ0v) is 21.4. The van der Waals surface area contributed by atoms with Crippen LogP contribution in [-0.2, 0) is 6.42 Å². The highest BCUT2D eigenvalue weighted by Crippen LogP contribution is 2.30. The standard InChI is InChI=1S/C27H27F2N5O2.ClH/c1-3-34-7-6-20(15-34)31-24-13-23-21(12-25(24)36-2)27(35)33-26(32-23)8-16-4-5-22(30-14-16)17-9-18(28)11-19(29)10-17;/h4-5,9-14,20,31H,3,6-8,15H2,1-2H3,(H,32,33,35);1H/t20-;/m1./s1. The van der Waals surface area contributed by atoms with Crippen LogP contribution in [0.15, 0.2) is 53.5 Å². The number of anilines is 1. The smallest absolute Gasteiger partial charge is 0.258 e. The molecule has 1 atom stereocenters. The van der Waals surface area contributed by atoms with Crippen LogP contribution < -0.4 is 15.6 Å². The Hall–Kier alpha value is -3.56. The lowest BCUT2D eigenvalue weighted by atomic mass is 10.1. The van der Waals surface area contributed by atoms with Gasteiger partial charge in [0, 0.05) is 43.4 Å². The van der Waals surface area contributed by atoms with Crippen LogP contribution in [0, 0.1) is 11.6 Å². The molecule has 2 aromatic carbocycles. The molecule has 2 aromatic heterocycles. The van der Waals surface area contributed by atoms with Gasteiger partial charge in [0.15, 0.2) is 0 Å². The van der Waals surface area contributed by atoms with Crippen molar-refractivity contribution in [3.05, 3.63) is 82.0 Å². The third kappa shape index (κ3) is 5.89. The van der Waals surface area contributed by atoms with Crippen LogP contribution in [0.3, 0.4) is 0 Å². The molecule has 1 aliphatic rings. The number of nitrogens with one attached hydrogen (secondary N) is 2. The Morgan fingerprint density at radius 1 is 1.16 bits per heavy atom. The van der Waals surface area contributed by atoms with Crippen molar-refractivity contribution in [2.75, 3.05) is 32.1 Å². The Labute approximate surface area is 219 Å². The quantitative estimate of drug-likeness (QED) is 0.359. The summed E-state index contributed by atoms with van der Waals surface area (Å²) >= 11 is 0. The lowest BCUT2D eigenvalue weighted by molar-refractivity contribution is 0.355. The van der Waals surface area contributed by atoms with Gasteiger partial charge < -0.3 is 19.9 Å². The van der Waals surface area contributed by atoms with Gasteiger partial charge in [0.1, 0.15) is 23.2 Å². The normalized spacial score (nSPS) is 15.5. The molecule has 37 heavy (non-hydrogen) atoms. The number of hydrogen-bond donors (Lipinski definition) is 2. The number of halogens is 3. The van der Waals surface area contributed by atoms with E-state index >= 15 is 0 Å². The van der Waals surface area contributed by atoms with Crippen LogP contribution in [0.5, 0.6) is 5.75 Å². The molecule has 4 aromatic rings. The van der Waals surface area contributed by atoms with Crippen molar-refractivity contribution in [1.82, 2.24) is 19.9 Å². The molecule has 0 radical (unpaired) electrons. The second-order valence-electron chi connectivity index (χ2n) is 8.99. The van der Waals surface area contributed by atoms with E-state index in [1.54, 1.807) is 31.5 Å². The molecular weight excluding hydrogens is 500 g/mol. The first kappa shape index (κ1) is 26.5. The maximum Gasteiger partial charge on any atom is 0.258 e. The molecule has 0 bridgehead atoms. The van der Waals surface area contributed by atoms with Gasteiger partial charge in [-0.25, -0.2) is 13.8 Å². The number of ether oxygens (including phenoxy) is 1. The van der Waals surface area contributed by atoms with Gasteiger partial charge in [-0.05, 0) is 48.9 Å². The molecule has 0 unspecified atom stereocenters. The maximum absolute atomic E-state index is 13.5. The SMILES string of the molecule is CCN1CC[C@@H](Nc2cc3nc(Cc4ccc(-c5cc(F)cc(F)c5)nc4)[nH]c(=O)c3cc2OC)C1.Cl. The van der Waals surface area contributed by atoms with Crippen LogP contribution in [0.25, 0.3) is 22.2 Å². The Balaban J connectivity index is 0.00000320. The fourth-order valence-electron chi connectivity index (χ4n) is 4.63. The summed E-state index contributed by atoms with van der Waals surface area (Å²) in [5.74, 6) is -0.219. The van der Waals surface area contributed by atoms with Gasteiger partial charge in [-0.2, -0.15) is 0 Å². The second-order valence-corrected chi connectivity index (χ2v) is 8.99. The molecule has 0 aliphatic carbocycles. The Kier molecular flexibility index (Phi) is 8.04. The van der Waals surface area contributed by atoms with E-state index in [9.17, 15) is 13.6 Å². The van der Waals surface area contributed by atoms with Crippen molar-refractivity contribution in [3.8, 4) is 17.0 Å². The number of benzene rings is 2. The van der Waals surface area contributed by atoms with Crippen LogP contribution in [0.1, 0.15) is 24.7 Å². The number of H-pyrrole nitrogens is 1. The number of likely N-dealkylation sites (tertiary alicyclic amines) is 1. The first-order valence-electron chi connectivity index (χ1n) is 11.9. The van der Waals surface area contributed by atoms with Gasteiger partial charge in [-0.3, -0.25) is 9.78 Å². The van der Waals surface area contributed by atoms with E-state index < -0.39 is 11.6 Å². The fraction of sp³-hybridized carbons (Fsp3) is 0.296. The number of likely N-dealkylation sites (N-methyl/N-ethyl adjacent to an activating group) is 1.